The molecule has 16 heavy (non-hydrogen) atoms. The molecule has 1 aliphatic rings. The maximum Gasteiger partial charge on any atom is 0.0925 e. The van der Waals surface area contributed by atoms with Crippen LogP contribution in [0.15, 0.2) is 24.3 Å². The van der Waals surface area contributed by atoms with Crippen molar-refractivity contribution in [2.24, 2.45) is 0 Å². The van der Waals surface area contributed by atoms with Gasteiger partial charge in [0.1, 0.15) is 0 Å². The van der Waals surface area contributed by atoms with Gasteiger partial charge < -0.3 is 4.74 Å². The molecule has 0 amide bonds. The molecular weight excluding hydrogens is 287 g/mol. The van der Waals surface area contributed by atoms with Gasteiger partial charge in [0.15, 0.2) is 0 Å². The zero-order valence-corrected chi connectivity index (χ0v) is 11.5. The molecule has 0 bridgehead atoms. The van der Waals surface area contributed by atoms with Gasteiger partial charge in [-0.25, -0.2) is 0 Å². The van der Waals surface area contributed by atoms with Crippen molar-refractivity contribution in [2.75, 3.05) is 5.33 Å². The van der Waals surface area contributed by atoms with Crippen molar-refractivity contribution < 1.29 is 4.74 Å². The number of benzene rings is 1. The van der Waals surface area contributed by atoms with Gasteiger partial charge in [-0.1, -0.05) is 52.5 Å². The summed E-state index contributed by atoms with van der Waals surface area (Å²) in [5.41, 5.74) is 1.16. The molecule has 1 fully saturated rings. The quantitative estimate of drug-likeness (QED) is 0.730. The lowest BCUT2D eigenvalue weighted by atomic mass is 10.1. The minimum absolute atomic E-state index is 0.127. The molecule has 2 rings (SSSR count). The Kier molecular flexibility index (Phi) is 4.68. The first kappa shape index (κ1) is 12.4. The van der Waals surface area contributed by atoms with Crippen LogP contribution in [0, 0.1) is 0 Å². The van der Waals surface area contributed by atoms with Gasteiger partial charge in [-0.3, -0.25) is 0 Å². The van der Waals surface area contributed by atoms with Gasteiger partial charge in [0.25, 0.3) is 0 Å². The van der Waals surface area contributed by atoms with Gasteiger partial charge in [-0.05, 0) is 30.5 Å². The number of halogens is 2. The van der Waals surface area contributed by atoms with E-state index in [9.17, 15) is 0 Å². The molecule has 0 heterocycles. The van der Waals surface area contributed by atoms with E-state index in [0.717, 1.165) is 15.9 Å². The summed E-state index contributed by atoms with van der Waals surface area (Å²) in [7, 11) is 0. The van der Waals surface area contributed by atoms with Crippen molar-refractivity contribution in [1.82, 2.24) is 0 Å². The van der Waals surface area contributed by atoms with Crippen LogP contribution in [-0.2, 0) is 4.74 Å². The SMILES string of the molecule is Clc1cccc(C(CBr)OC2CCCC2)c1. The summed E-state index contributed by atoms with van der Waals surface area (Å²) >= 11 is 9.51. The van der Waals surface area contributed by atoms with Crippen LogP contribution in [0.25, 0.3) is 0 Å². The van der Waals surface area contributed by atoms with E-state index in [4.69, 9.17) is 16.3 Å². The van der Waals surface area contributed by atoms with Gasteiger partial charge in [-0.15, -0.1) is 0 Å². The highest BCUT2D eigenvalue weighted by atomic mass is 79.9. The fraction of sp³-hybridized carbons (Fsp3) is 0.538. The van der Waals surface area contributed by atoms with Gasteiger partial charge in [0.05, 0.1) is 12.2 Å². The molecule has 3 heteroatoms. The molecule has 1 aromatic carbocycles. The molecule has 1 atom stereocenters. The Morgan fingerprint density at radius 3 is 2.75 bits per heavy atom. The Hall–Kier alpha value is -0.0500. The molecule has 0 aromatic heterocycles. The van der Waals surface area contributed by atoms with Gasteiger partial charge >= 0.3 is 0 Å². The van der Waals surface area contributed by atoms with E-state index >= 15 is 0 Å². The van der Waals surface area contributed by atoms with E-state index in [1.807, 2.05) is 18.2 Å². The highest BCUT2D eigenvalue weighted by Gasteiger charge is 2.21. The molecule has 0 N–H and O–H groups in total. The van der Waals surface area contributed by atoms with Crippen LogP contribution in [0.4, 0.5) is 0 Å². The van der Waals surface area contributed by atoms with E-state index in [1.165, 1.54) is 25.7 Å². The van der Waals surface area contributed by atoms with Crippen molar-refractivity contribution >= 4 is 27.5 Å². The number of hydrogen-bond donors (Lipinski definition) is 0. The summed E-state index contributed by atoms with van der Waals surface area (Å²) in [6.45, 7) is 0. The van der Waals surface area contributed by atoms with Crippen molar-refractivity contribution in [1.29, 1.82) is 0 Å². The van der Waals surface area contributed by atoms with Crippen LogP contribution in [-0.4, -0.2) is 11.4 Å². The Morgan fingerprint density at radius 1 is 1.38 bits per heavy atom. The summed E-state index contributed by atoms with van der Waals surface area (Å²) in [4.78, 5) is 0. The summed E-state index contributed by atoms with van der Waals surface area (Å²) < 4.78 is 6.10. The fourth-order valence-corrected chi connectivity index (χ4v) is 2.89. The number of rotatable bonds is 4. The standard InChI is InChI=1S/C13H16BrClO/c14-9-13(16-12-6-1-2-7-12)10-4-3-5-11(15)8-10/h3-5,8,12-13H,1-2,6-7,9H2. The van der Waals surface area contributed by atoms with Crippen LogP contribution in [0.2, 0.25) is 5.02 Å². The van der Waals surface area contributed by atoms with E-state index in [-0.39, 0.29) is 6.10 Å². The van der Waals surface area contributed by atoms with Crippen LogP contribution in [0.1, 0.15) is 37.4 Å². The first-order chi connectivity index (χ1) is 7.79. The first-order valence-electron chi connectivity index (χ1n) is 5.76. The molecular formula is C13H16BrClO. The third-order valence-electron chi connectivity index (χ3n) is 3.02. The third kappa shape index (κ3) is 3.22. The van der Waals surface area contributed by atoms with E-state index in [1.54, 1.807) is 0 Å². The van der Waals surface area contributed by atoms with Crippen molar-refractivity contribution in [3.05, 3.63) is 34.9 Å². The van der Waals surface area contributed by atoms with Crippen LogP contribution < -0.4 is 0 Å². The lowest BCUT2D eigenvalue weighted by Gasteiger charge is -2.20. The zero-order valence-electron chi connectivity index (χ0n) is 9.16. The highest BCUT2D eigenvalue weighted by Crippen LogP contribution is 2.29. The Labute approximate surface area is 110 Å². The van der Waals surface area contributed by atoms with E-state index < -0.39 is 0 Å². The van der Waals surface area contributed by atoms with Crippen molar-refractivity contribution in [3.8, 4) is 0 Å². The molecule has 0 saturated heterocycles. The van der Waals surface area contributed by atoms with Gasteiger partial charge in [0, 0.05) is 10.4 Å². The van der Waals surface area contributed by atoms with E-state index in [0.29, 0.717) is 6.10 Å². The summed E-state index contributed by atoms with van der Waals surface area (Å²) in [5, 5.41) is 1.60. The summed E-state index contributed by atoms with van der Waals surface area (Å²) in [6.07, 6.45) is 5.56. The smallest absolute Gasteiger partial charge is 0.0925 e. The van der Waals surface area contributed by atoms with Gasteiger partial charge in [-0.2, -0.15) is 0 Å². The second kappa shape index (κ2) is 6.04. The Balaban J connectivity index is 2.03. The van der Waals surface area contributed by atoms with Crippen molar-refractivity contribution in [3.63, 3.8) is 0 Å². The number of alkyl halides is 1. The average molecular weight is 304 g/mol. The predicted molar refractivity (Wildman–Crippen MR) is 71.3 cm³/mol. The number of hydrogen-bond acceptors (Lipinski definition) is 1. The second-order valence-corrected chi connectivity index (χ2v) is 5.32. The Morgan fingerprint density at radius 2 is 2.12 bits per heavy atom. The maximum absolute atomic E-state index is 6.10. The minimum atomic E-state index is 0.127. The summed E-state index contributed by atoms with van der Waals surface area (Å²) in [6, 6.07) is 7.94. The van der Waals surface area contributed by atoms with Crippen LogP contribution in [0.3, 0.4) is 0 Å². The van der Waals surface area contributed by atoms with Crippen LogP contribution in [0.5, 0.6) is 0 Å². The largest absolute Gasteiger partial charge is 0.369 e. The lowest BCUT2D eigenvalue weighted by molar-refractivity contribution is 0.00434. The zero-order chi connectivity index (χ0) is 11.4. The lowest BCUT2D eigenvalue weighted by Crippen LogP contribution is -2.14. The summed E-state index contributed by atoms with van der Waals surface area (Å²) in [5.74, 6) is 0. The van der Waals surface area contributed by atoms with E-state index in [2.05, 4.69) is 22.0 Å². The van der Waals surface area contributed by atoms with Crippen LogP contribution >= 0.6 is 27.5 Å². The normalized spacial score (nSPS) is 18.9. The maximum atomic E-state index is 6.10. The number of ether oxygens (including phenoxy) is 1. The van der Waals surface area contributed by atoms with Crippen molar-refractivity contribution in [2.45, 2.75) is 37.9 Å². The molecule has 0 spiro atoms. The molecule has 88 valence electrons. The van der Waals surface area contributed by atoms with Gasteiger partial charge in [0.2, 0.25) is 0 Å². The molecule has 1 aliphatic carbocycles. The molecule has 1 nitrogen and oxygen atoms in total. The third-order valence-corrected chi connectivity index (χ3v) is 3.84. The molecule has 1 saturated carbocycles. The Bertz CT molecular complexity index is 336. The molecule has 1 unspecified atom stereocenters. The average Bonchev–Trinajstić information content (AvgIpc) is 2.78. The topological polar surface area (TPSA) is 9.23 Å². The molecule has 0 radical (unpaired) electrons. The highest BCUT2D eigenvalue weighted by molar-refractivity contribution is 9.09. The second-order valence-electron chi connectivity index (χ2n) is 4.24. The first-order valence-corrected chi connectivity index (χ1v) is 7.26. The fourth-order valence-electron chi connectivity index (χ4n) is 2.17. The predicted octanol–water partition coefficient (Wildman–Crippen LogP) is 4.74. The minimum Gasteiger partial charge on any atom is -0.369 e. The molecule has 0 aliphatic heterocycles. The monoisotopic (exact) mass is 302 g/mol. The molecule has 1 aromatic rings.